The lowest BCUT2D eigenvalue weighted by Gasteiger charge is -2.19. The largest absolute Gasteiger partial charge is 0.306 e. The molecule has 96 valence electrons. The minimum Gasteiger partial charge on any atom is -0.306 e. The highest BCUT2D eigenvalue weighted by atomic mass is 32.1. The number of aryl methyl sites for hydroxylation is 2. The fraction of sp³-hybridized carbons (Fsp3) is 0.333. The summed E-state index contributed by atoms with van der Waals surface area (Å²) in [7, 11) is 0. The highest BCUT2D eigenvalue weighted by Crippen LogP contribution is 2.29. The Labute approximate surface area is 112 Å². The molecule has 2 rings (SSSR count). The predicted octanol–water partition coefficient (Wildman–Crippen LogP) is 4.20. The highest BCUT2D eigenvalue weighted by molar-refractivity contribution is 7.10. The maximum Gasteiger partial charge on any atom is 0.128 e. The van der Waals surface area contributed by atoms with Crippen molar-refractivity contribution in [2.45, 2.75) is 26.8 Å². The van der Waals surface area contributed by atoms with E-state index in [9.17, 15) is 4.39 Å². The van der Waals surface area contributed by atoms with E-state index in [4.69, 9.17) is 0 Å². The van der Waals surface area contributed by atoms with Crippen LogP contribution in [-0.4, -0.2) is 6.54 Å². The molecule has 1 atom stereocenters. The van der Waals surface area contributed by atoms with Gasteiger partial charge in [-0.1, -0.05) is 19.1 Å². The molecule has 0 aliphatic carbocycles. The summed E-state index contributed by atoms with van der Waals surface area (Å²) >= 11 is 1.70. The van der Waals surface area contributed by atoms with E-state index < -0.39 is 0 Å². The lowest BCUT2D eigenvalue weighted by molar-refractivity contribution is 0.558. The third-order valence-electron chi connectivity index (χ3n) is 3.09. The van der Waals surface area contributed by atoms with Gasteiger partial charge in [0.05, 0.1) is 6.04 Å². The Kier molecular flexibility index (Phi) is 4.15. The van der Waals surface area contributed by atoms with Gasteiger partial charge in [0.1, 0.15) is 5.82 Å². The summed E-state index contributed by atoms with van der Waals surface area (Å²) in [5.41, 5.74) is 2.85. The lowest BCUT2D eigenvalue weighted by Crippen LogP contribution is -2.23. The maximum atomic E-state index is 14.1. The summed E-state index contributed by atoms with van der Waals surface area (Å²) in [6.45, 7) is 6.84. The molecule has 0 amide bonds. The Morgan fingerprint density at radius 2 is 2.00 bits per heavy atom. The molecule has 1 N–H and O–H groups in total. The number of hydrogen-bond acceptors (Lipinski definition) is 2. The first-order chi connectivity index (χ1) is 8.63. The predicted molar refractivity (Wildman–Crippen MR) is 75.7 cm³/mol. The van der Waals surface area contributed by atoms with Crippen molar-refractivity contribution in [3.05, 3.63) is 57.0 Å². The second-order valence-electron chi connectivity index (χ2n) is 4.45. The minimum atomic E-state index is -0.133. The quantitative estimate of drug-likeness (QED) is 0.871. The minimum absolute atomic E-state index is 0.0538. The summed E-state index contributed by atoms with van der Waals surface area (Å²) in [5, 5.41) is 5.43. The van der Waals surface area contributed by atoms with Crippen LogP contribution < -0.4 is 5.32 Å². The van der Waals surface area contributed by atoms with Gasteiger partial charge in [0.2, 0.25) is 0 Å². The topological polar surface area (TPSA) is 12.0 Å². The highest BCUT2D eigenvalue weighted by Gasteiger charge is 2.19. The number of rotatable bonds is 4. The van der Waals surface area contributed by atoms with Gasteiger partial charge in [-0.2, -0.15) is 0 Å². The molecule has 0 saturated carbocycles. The van der Waals surface area contributed by atoms with E-state index in [0.717, 1.165) is 17.7 Å². The van der Waals surface area contributed by atoms with Crippen LogP contribution in [0.25, 0.3) is 0 Å². The fourth-order valence-electron chi connectivity index (χ4n) is 2.15. The van der Waals surface area contributed by atoms with Gasteiger partial charge in [-0.25, -0.2) is 4.39 Å². The first-order valence-electron chi connectivity index (χ1n) is 6.17. The van der Waals surface area contributed by atoms with E-state index in [2.05, 4.69) is 23.7 Å². The van der Waals surface area contributed by atoms with Gasteiger partial charge < -0.3 is 5.32 Å². The van der Waals surface area contributed by atoms with Gasteiger partial charge in [0.15, 0.2) is 0 Å². The van der Waals surface area contributed by atoms with Crippen LogP contribution in [-0.2, 0) is 0 Å². The zero-order valence-electron chi connectivity index (χ0n) is 11.0. The molecule has 2 aromatic rings. The van der Waals surface area contributed by atoms with Crippen molar-refractivity contribution in [2.75, 3.05) is 6.54 Å². The van der Waals surface area contributed by atoms with Crippen LogP contribution in [0, 0.1) is 19.7 Å². The van der Waals surface area contributed by atoms with E-state index in [0.29, 0.717) is 0 Å². The Morgan fingerprint density at radius 3 is 2.56 bits per heavy atom. The second-order valence-corrected chi connectivity index (χ2v) is 5.57. The smallest absolute Gasteiger partial charge is 0.128 e. The molecule has 0 spiro atoms. The number of halogens is 1. The Hall–Kier alpha value is -1.19. The molecule has 0 bridgehead atoms. The third-order valence-corrected chi connectivity index (χ3v) is 3.95. The number of benzene rings is 1. The Balaban J connectivity index is 2.45. The first kappa shape index (κ1) is 13.2. The standard InChI is InChI=1S/C15H18FNS/c1-4-17-15(12-7-8-18-11(12)3)13-6-5-10(2)9-14(13)16/h5-9,15,17H,4H2,1-3H3. The van der Waals surface area contributed by atoms with Crippen molar-refractivity contribution >= 4 is 11.3 Å². The molecule has 0 saturated heterocycles. The van der Waals surface area contributed by atoms with Crippen molar-refractivity contribution in [2.24, 2.45) is 0 Å². The zero-order valence-corrected chi connectivity index (χ0v) is 11.8. The summed E-state index contributed by atoms with van der Waals surface area (Å²) in [6.07, 6.45) is 0. The van der Waals surface area contributed by atoms with Gasteiger partial charge in [-0.3, -0.25) is 0 Å². The molecular formula is C15H18FNS. The molecule has 1 heterocycles. The van der Waals surface area contributed by atoms with Gasteiger partial charge in [0.25, 0.3) is 0 Å². The number of hydrogen-bond donors (Lipinski definition) is 1. The molecule has 0 aliphatic heterocycles. The van der Waals surface area contributed by atoms with Gasteiger partial charge in [-0.05, 0) is 49.0 Å². The van der Waals surface area contributed by atoms with E-state index in [1.165, 1.54) is 10.4 Å². The molecule has 1 unspecified atom stereocenters. The lowest BCUT2D eigenvalue weighted by atomic mass is 9.98. The molecule has 0 radical (unpaired) electrons. The zero-order chi connectivity index (χ0) is 13.1. The summed E-state index contributed by atoms with van der Waals surface area (Å²) in [6, 6.07) is 7.47. The van der Waals surface area contributed by atoms with Gasteiger partial charge in [-0.15, -0.1) is 11.3 Å². The van der Waals surface area contributed by atoms with Gasteiger partial charge >= 0.3 is 0 Å². The van der Waals surface area contributed by atoms with Gasteiger partial charge in [0, 0.05) is 10.4 Å². The average Bonchev–Trinajstić information content (AvgIpc) is 2.73. The van der Waals surface area contributed by atoms with Crippen LogP contribution in [0.4, 0.5) is 4.39 Å². The fourth-order valence-corrected chi connectivity index (χ4v) is 2.89. The SMILES string of the molecule is CCNC(c1ccc(C)cc1F)c1ccsc1C. The van der Waals surface area contributed by atoms with Crippen molar-refractivity contribution in [3.8, 4) is 0 Å². The first-order valence-corrected chi connectivity index (χ1v) is 7.05. The molecular weight excluding hydrogens is 245 g/mol. The summed E-state index contributed by atoms with van der Waals surface area (Å²) in [4.78, 5) is 1.24. The van der Waals surface area contributed by atoms with Crippen LogP contribution in [0.15, 0.2) is 29.6 Å². The van der Waals surface area contributed by atoms with Crippen molar-refractivity contribution < 1.29 is 4.39 Å². The van der Waals surface area contributed by atoms with Crippen molar-refractivity contribution in [3.63, 3.8) is 0 Å². The second kappa shape index (κ2) is 5.63. The molecule has 0 fully saturated rings. The Morgan fingerprint density at radius 1 is 1.22 bits per heavy atom. The molecule has 1 aromatic carbocycles. The van der Waals surface area contributed by atoms with Crippen LogP contribution in [0.1, 0.15) is 34.5 Å². The third kappa shape index (κ3) is 2.62. The summed E-state index contributed by atoms with van der Waals surface area (Å²) < 4.78 is 14.1. The molecule has 18 heavy (non-hydrogen) atoms. The molecule has 3 heteroatoms. The van der Waals surface area contributed by atoms with E-state index in [-0.39, 0.29) is 11.9 Å². The molecule has 1 aromatic heterocycles. The van der Waals surface area contributed by atoms with E-state index in [1.54, 1.807) is 17.4 Å². The molecule has 0 aliphatic rings. The van der Waals surface area contributed by atoms with E-state index >= 15 is 0 Å². The monoisotopic (exact) mass is 263 g/mol. The average molecular weight is 263 g/mol. The number of thiophene rings is 1. The number of nitrogens with one attached hydrogen (secondary N) is 1. The van der Waals surface area contributed by atoms with Crippen molar-refractivity contribution in [1.82, 2.24) is 5.32 Å². The van der Waals surface area contributed by atoms with E-state index in [1.807, 2.05) is 26.0 Å². The van der Waals surface area contributed by atoms with Crippen LogP contribution in [0.3, 0.4) is 0 Å². The van der Waals surface area contributed by atoms with Crippen LogP contribution in [0.2, 0.25) is 0 Å². The van der Waals surface area contributed by atoms with Crippen molar-refractivity contribution in [1.29, 1.82) is 0 Å². The maximum absolute atomic E-state index is 14.1. The Bertz CT molecular complexity index is 533. The summed E-state index contributed by atoms with van der Waals surface area (Å²) in [5.74, 6) is -0.133. The normalized spacial score (nSPS) is 12.7. The molecule has 1 nitrogen and oxygen atoms in total. The van der Waals surface area contributed by atoms with Crippen LogP contribution >= 0.6 is 11.3 Å². The van der Waals surface area contributed by atoms with Crippen LogP contribution in [0.5, 0.6) is 0 Å².